The molecule has 0 unspecified atom stereocenters. The van der Waals surface area contributed by atoms with E-state index in [1.807, 2.05) is 0 Å². The number of rotatable bonds is 17. The lowest BCUT2D eigenvalue weighted by Gasteiger charge is -2.13. The first kappa shape index (κ1) is 50.1. The minimum atomic E-state index is -4.93. The van der Waals surface area contributed by atoms with Gasteiger partial charge < -0.3 is 25.0 Å². The number of benzene rings is 7. The number of azo groups is 3. The average molecular weight is 1010 g/mol. The first-order valence-corrected chi connectivity index (χ1v) is 25.1. The second-order valence-corrected chi connectivity index (χ2v) is 19.9. The summed E-state index contributed by atoms with van der Waals surface area (Å²) in [5, 5.41) is 49.8. The van der Waals surface area contributed by atoms with Crippen molar-refractivity contribution >= 4 is 97.6 Å². The monoisotopic (exact) mass is 1010 g/mol. The van der Waals surface area contributed by atoms with E-state index in [0.717, 1.165) is 12.1 Å². The lowest BCUT2D eigenvalue weighted by atomic mass is 10.1. The Morgan fingerprint density at radius 1 is 0.600 bits per heavy atom. The van der Waals surface area contributed by atoms with Crippen molar-refractivity contribution in [3.63, 3.8) is 0 Å². The van der Waals surface area contributed by atoms with Crippen LogP contribution in [0.15, 0.2) is 150 Å². The molecule has 70 heavy (non-hydrogen) atoms. The SMILES string of the molecule is COc1cc(C(=O)Nc2ccc3c(OCCCCS(=O)(=O)O)cc(S(=O)(=O)O)cc3c2)ccc1N=Nc1cc(C)c(N=Nc2c(S(=O)(=O)O)cc3cc(N=Nc4ccc(O)cc4)ccc3c2O)cc1C. The maximum Gasteiger partial charge on any atom is 0.296 e. The van der Waals surface area contributed by atoms with Crippen molar-refractivity contribution in [2.45, 2.75) is 36.5 Å². The number of aryl methyl sites for hydroxylation is 2. The van der Waals surface area contributed by atoms with Crippen LogP contribution in [0.3, 0.4) is 0 Å². The molecule has 0 heterocycles. The van der Waals surface area contributed by atoms with Crippen molar-refractivity contribution in [3.8, 4) is 23.0 Å². The van der Waals surface area contributed by atoms with Crippen molar-refractivity contribution in [3.05, 3.63) is 126 Å². The number of nitrogens with one attached hydrogen (secondary N) is 1. The smallest absolute Gasteiger partial charge is 0.296 e. The van der Waals surface area contributed by atoms with Crippen molar-refractivity contribution in [2.24, 2.45) is 30.7 Å². The number of methoxy groups -OCH3 is 1. The number of hydrogen-bond acceptors (Lipinski definition) is 17. The van der Waals surface area contributed by atoms with Crippen LogP contribution in [0.25, 0.3) is 21.5 Å². The number of amides is 1. The molecule has 6 N–H and O–H groups in total. The third-order valence-electron chi connectivity index (χ3n) is 10.4. The highest BCUT2D eigenvalue weighted by Crippen LogP contribution is 2.43. The third kappa shape index (κ3) is 12.3. The summed E-state index contributed by atoms with van der Waals surface area (Å²) in [6.45, 7) is 3.38. The predicted molar refractivity (Wildman–Crippen MR) is 258 cm³/mol. The first-order chi connectivity index (χ1) is 33.1. The lowest BCUT2D eigenvalue weighted by molar-refractivity contribution is 0.102. The molecule has 7 rings (SSSR count). The largest absolute Gasteiger partial charge is 0.508 e. The quantitative estimate of drug-likeness (QED) is 0.0281. The van der Waals surface area contributed by atoms with E-state index < -0.39 is 63.2 Å². The molecule has 0 aliphatic heterocycles. The molecule has 0 aliphatic carbocycles. The Hall–Kier alpha value is -7.74. The van der Waals surface area contributed by atoms with Gasteiger partial charge in [-0.1, -0.05) is 0 Å². The van der Waals surface area contributed by atoms with Crippen LogP contribution in [-0.4, -0.2) is 74.5 Å². The van der Waals surface area contributed by atoms with Crippen molar-refractivity contribution in [2.75, 3.05) is 24.8 Å². The van der Waals surface area contributed by atoms with E-state index in [4.69, 9.17) is 14.0 Å². The lowest BCUT2D eigenvalue weighted by Crippen LogP contribution is -2.12. The number of ether oxygens (including phenoxy) is 2. The van der Waals surface area contributed by atoms with Gasteiger partial charge in [0.25, 0.3) is 36.3 Å². The normalized spacial score (nSPS) is 12.4. The fourth-order valence-electron chi connectivity index (χ4n) is 6.87. The molecule has 7 aromatic rings. The first-order valence-electron chi connectivity index (χ1n) is 20.6. The number of anilines is 1. The fourth-order valence-corrected chi connectivity index (χ4v) is 8.63. The van der Waals surface area contributed by atoms with E-state index in [2.05, 4.69) is 36.0 Å². The predicted octanol–water partition coefficient (Wildman–Crippen LogP) is 11.1. The van der Waals surface area contributed by atoms with Crippen LogP contribution in [0, 0.1) is 13.8 Å². The van der Waals surface area contributed by atoms with E-state index in [1.165, 1.54) is 67.8 Å². The maximum atomic E-state index is 13.4. The molecular formula is C46H41N7O14S3. The van der Waals surface area contributed by atoms with Crippen LogP contribution < -0.4 is 14.8 Å². The molecule has 0 radical (unpaired) electrons. The van der Waals surface area contributed by atoms with Gasteiger partial charge in [0, 0.05) is 28.1 Å². The molecule has 21 nitrogen and oxygen atoms in total. The van der Waals surface area contributed by atoms with E-state index in [-0.39, 0.29) is 75.5 Å². The second kappa shape index (κ2) is 20.5. The highest BCUT2D eigenvalue weighted by Gasteiger charge is 2.23. The number of aromatic hydroxyl groups is 2. The number of nitrogens with zero attached hydrogens (tertiary/aromatic N) is 6. The van der Waals surface area contributed by atoms with Crippen molar-refractivity contribution < 1.29 is 63.4 Å². The number of phenols is 2. The molecule has 0 atom stereocenters. The van der Waals surface area contributed by atoms with Crippen molar-refractivity contribution in [1.29, 1.82) is 0 Å². The molecule has 7 aromatic carbocycles. The molecule has 0 bridgehead atoms. The van der Waals surface area contributed by atoms with E-state index in [0.29, 0.717) is 33.6 Å². The molecule has 362 valence electrons. The van der Waals surface area contributed by atoms with Crippen LogP contribution in [0.5, 0.6) is 23.0 Å². The minimum Gasteiger partial charge on any atom is -0.508 e. The Kier molecular flexibility index (Phi) is 14.7. The molecule has 0 saturated heterocycles. The molecular weight excluding hydrogens is 971 g/mol. The highest BCUT2D eigenvalue weighted by atomic mass is 32.2. The van der Waals surface area contributed by atoms with Gasteiger partial charge in [-0.15, -0.1) is 10.2 Å². The Balaban J connectivity index is 1.07. The zero-order valence-electron chi connectivity index (χ0n) is 37.0. The third-order valence-corrected chi connectivity index (χ3v) is 12.9. The molecule has 24 heteroatoms. The van der Waals surface area contributed by atoms with E-state index in [1.54, 1.807) is 50.2 Å². The van der Waals surface area contributed by atoms with Gasteiger partial charge >= 0.3 is 0 Å². The fraction of sp³-hybridized carbons (Fsp3) is 0.152. The van der Waals surface area contributed by atoms with Gasteiger partial charge in [-0.05, 0) is 152 Å². The summed E-state index contributed by atoms with van der Waals surface area (Å²) in [6, 6.07) is 26.1. The highest BCUT2D eigenvalue weighted by molar-refractivity contribution is 7.86. The van der Waals surface area contributed by atoms with Gasteiger partial charge in [0.1, 0.15) is 33.5 Å². The standard InChI is InChI=1S/C46H41N7O14S3/c1-26-19-40(52-53-44-43(70(63,64)65)24-30-21-33(10-14-37(30)45(44)55)49-48-31-7-11-34(54)12-8-31)27(2)18-39(26)51-50-38-15-6-28(23-42(38)66-3)46(56)47-32-9-13-36-29(20-32)22-35(69(60,61)62)25-41(36)67-16-4-5-17-68(57,58)59/h6-15,18-25,54-55H,4-5,16-17H2,1-3H3,(H,47,56)(H,57,58,59)(H,60,61,62)(H,63,64,65). The molecule has 0 aromatic heterocycles. The Bertz CT molecular complexity index is 3640. The molecule has 0 spiro atoms. The number of carbonyl (C=O) groups is 1. The van der Waals surface area contributed by atoms with Crippen LogP contribution in [-0.2, 0) is 30.4 Å². The van der Waals surface area contributed by atoms with Crippen LogP contribution >= 0.6 is 0 Å². The second-order valence-electron chi connectivity index (χ2n) is 15.5. The summed E-state index contributed by atoms with van der Waals surface area (Å²) >= 11 is 0. The van der Waals surface area contributed by atoms with Gasteiger partial charge in [-0.25, -0.2) is 0 Å². The Morgan fingerprint density at radius 2 is 1.23 bits per heavy atom. The number of fused-ring (bicyclic) bond motifs is 2. The molecule has 0 saturated carbocycles. The van der Waals surface area contributed by atoms with Crippen LogP contribution in [0.2, 0.25) is 0 Å². The summed E-state index contributed by atoms with van der Waals surface area (Å²) < 4.78 is 111. The van der Waals surface area contributed by atoms with E-state index >= 15 is 0 Å². The molecule has 0 aliphatic rings. The summed E-state index contributed by atoms with van der Waals surface area (Å²) in [4.78, 5) is 12.3. The van der Waals surface area contributed by atoms with Crippen LogP contribution in [0.4, 0.5) is 39.8 Å². The zero-order chi connectivity index (χ0) is 50.5. The number of hydrogen-bond donors (Lipinski definition) is 6. The van der Waals surface area contributed by atoms with Gasteiger partial charge in [0.05, 0.1) is 47.1 Å². The Morgan fingerprint density at radius 3 is 1.89 bits per heavy atom. The van der Waals surface area contributed by atoms with Crippen molar-refractivity contribution in [1.82, 2.24) is 0 Å². The Labute approximate surface area is 400 Å². The summed E-state index contributed by atoms with van der Waals surface area (Å²) in [7, 11) is -12.4. The molecule has 1 amide bonds. The van der Waals surface area contributed by atoms with Gasteiger partial charge in [-0.2, -0.15) is 45.7 Å². The number of phenolic OH excluding ortho intramolecular Hbond substituents is 2. The van der Waals surface area contributed by atoms with Gasteiger partial charge in [0.2, 0.25) is 0 Å². The van der Waals surface area contributed by atoms with E-state index in [9.17, 15) is 49.4 Å². The van der Waals surface area contributed by atoms with Gasteiger partial charge in [0.15, 0.2) is 5.75 Å². The van der Waals surface area contributed by atoms with Crippen LogP contribution in [0.1, 0.15) is 34.3 Å². The minimum absolute atomic E-state index is 0.0249. The average Bonchev–Trinajstić information content (AvgIpc) is 3.30. The zero-order valence-corrected chi connectivity index (χ0v) is 39.5. The molecule has 0 fully saturated rings. The summed E-state index contributed by atoms with van der Waals surface area (Å²) in [6.07, 6.45) is 0.302. The van der Waals surface area contributed by atoms with Gasteiger partial charge in [-0.3, -0.25) is 18.5 Å². The number of carbonyl (C=O) groups excluding carboxylic acids is 1. The topological polar surface area (TPSA) is 325 Å². The number of unbranched alkanes of at least 4 members (excludes halogenated alkanes) is 1. The summed E-state index contributed by atoms with van der Waals surface area (Å²) in [5.74, 6) is -1.29. The summed E-state index contributed by atoms with van der Waals surface area (Å²) in [5.41, 5.74) is 2.70. The maximum absolute atomic E-state index is 13.4.